The Balaban J connectivity index is 0.866. The monoisotopic (exact) mass is 891 g/mol. The van der Waals surface area contributed by atoms with Crippen molar-refractivity contribution in [2.45, 2.75) is 75.0 Å². The van der Waals surface area contributed by atoms with Crippen LogP contribution in [-0.2, 0) is 27.8 Å². The number of carbonyl (C=O) groups is 1. The number of amides is 1. The fourth-order valence-electron chi connectivity index (χ4n) is 9.60. The van der Waals surface area contributed by atoms with Crippen LogP contribution in [0.1, 0.15) is 65.7 Å². The molecular weight excluding hydrogens is 837 g/mol. The van der Waals surface area contributed by atoms with E-state index in [4.69, 9.17) is 9.47 Å². The number of ether oxygens (including phenoxy) is 2. The lowest BCUT2D eigenvalue weighted by molar-refractivity contribution is -0.729. The van der Waals surface area contributed by atoms with E-state index in [9.17, 15) is 23.3 Å². The van der Waals surface area contributed by atoms with Crippen LogP contribution in [0.4, 0.5) is 17.1 Å². The van der Waals surface area contributed by atoms with Crippen LogP contribution < -0.4 is 19.7 Å². The second-order valence-corrected chi connectivity index (χ2v) is 19.9. The summed E-state index contributed by atoms with van der Waals surface area (Å²) in [5.74, 6) is 0.0805. The zero-order chi connectivity index (χ0) is 43.3. The highest BCUT2D eigenvalue weighted by atomic mass is 32.2. The summed E-state index contributed by atoms with van der Waals surface area (Å²) in [7, 11) is -4.49. The van der Waals surface area contributed by atoms with Gasteiger partial charge in [-0.15, -0.1) is 11.3 Å². The Kier molecular flexibility index (Phi) is 13.1. The van der Waals surface area contributed by atoms with Gasteiger partial charge in [0.2, 0.25) is 0 Å². The van der Waals surface area contributed by atoms with Crippen molar-refractivity contribution in [1.29, 1.82) is 0 Å². The number of para-hydroxylation sites is 1. The molecule has 4 aromatic carbocycles. The molecule has 330 valence electrons. The van der Waals surface area contributed by atoms with Crippen molar-refractivity contribution in [3.63, 3.8) is 0 Å². The smallest absolute Gasteiger partial charge is 0.340 e. The number of nitrogens with one attached hydrogen (secondary N) is 2. The maximum atomic E-state index is 13.8. The second-order valence-electron chi connectivity index (χ2n) is 17.1. The molecule has 0 spiro atoms. The molecule has 4 aliphatic rings. The van der Waals surface area contributed by atoms with Gasteiger partial charge in [0.25, 0.3) is 20.9 Å². The van der Waals surface area contributed by atoms with E-state index < -0.39 is 15.9 Å². The third-order valence-corrected chi connectivity index (χ3v) is 15.5. The predicted octanol–water partition coefficient (Wildman–Crippen LogP) is 8.80. The largest absolute Gasteiger partial charge is 0.456 e. The summed E-state index contributed by atoms with van der Waals surface area (Å²) in [6.07, 6.45) is 8.45. The van der Waals surface area contributed by atoms with Gasteiger partial charge in [-0.3, -0.25) is 14.6 Å². The molecule has 13 nitrogen and oxygen atoms in total. The molecule has 5 aromatic rings. The van der Waals surface area contributed by atoms with Crippen LogP contribution in [0.5, 0.6) is 11.5 Å². The van der Waals surface area contributed by atoms with Crippen molar-refractivity contribution in [2.24, 2.45) is 5.92 Å². The molecule has 2 bridgehead atoms. The fourth-order valence-corrected chi connectivity index (χ4v) is 11.7. The van der Waals surface area contributed by atoms with E-state index in [0.717, 1.165) is 75.9 Å². The molecule has 15 heteroatoms. The minimum Gasteiger partial charge on any atom is -0.456 e. The summed E-state index contributed by atoms with van der Waals surface area (Å²) in [4.78, 5) is 35.5. The Hall–Kier alpha value is -5.32. The van der Waals surface area contributed by atoms with Crippen LogP contribution in [0.25, 0.3) is 10.4 Å². The first kappa shape index (κ1) is 43.0. The van der Waals surface area contributed by atoms with Crippen LogP contribution >= 0.6 is 11.3 Å². The Bertz CT molecular complexity index is 2510. The molecule has 0 unspecified atom stereocenters. The number of piperidine rings is 1. The van der Waals surface area contributed by atoms with E-state index in [1.807, 2.05) is 35.6 Å². The molecule has 4 saturated heterocycles. The highest BCUT2D eigenvalue weighted by Crippen LogP contribution is 2.39. The van der Waals surface area contributed by atoms with Gasteiger partial charge in [0, 0.05) is 98.7 Å². The summed E-state index contributed by atoms with van der Waals surface area (Å²) in [5.41, 5.74) is 3.46. The number of thiophene rings is 1. The minimum absolute atomic E-state index is 0.0176. The molecule has 1 aromatic heterocycles. The zero-order valence-corrected chi connectivity index (χ0v) is 37.0. The van der Waals surface area contributed by atoms with Crippen LogP contribution in [0.15, 0.2) is 108 Å². The number of carbonyl (C=O) groups excluding carboxylic acids is 1. The van der Waals surface area contributed by atoms with E-state index in [2.05, 4.69) is 61.1 Å². The molecule has 4 aliphatic heterocycles. The van der Waals surface area contributed by atoms with Crippen molar-refractivity contribution in [1.82, 2.24) is 14.5 Å². The topological polar surface area (TPSA) is 144 Å². The number of hydrogen-bond donors (Lipinski definition) is 3. The zero-order valence-electron chi connectivity index (χ0n) is 35.4. The molecule has 5 heterocycles. The van der Waals surface area contributed by atoms with Gasteiger partial charge >= 0.3 is 5.69 Å². The first-order valence-electron chi connectivity index (χ1n) is 22.1. The van der Waals surface area contributed by atoms with Gasteiger partial charge in [0.1, 0.15) is 17.2 Å². The number of fused-ring (bicyclic) bond motifs is 2. The van der Waals surface area contributed by atoms with Gasteiger partial charge in [-0.05, 0) is 104 Å². The number of rotatable bonds is 15. The van der Waals surface area contributed by atoms with Gasteiger partial charge in [-0.2, -0.15) is 0 Å². The maximum Gasteiger partial charge on any atom is 0.340 e. The third-order valence-electron chi connectivity index (χ3n) is 13.1. The number of sulfonamides is 1. The standard InChI is InChI=1S/C48H54N6O7S2/c55-48(50-63(58,59)41-17-19-44(45(30-41)54(56)57)49-31-34-21-27-60-28-22-34)43-18-15-38(29-46(43)61-39-10-2-1-3-11-39)52-25-23-51(24-26-52)32-35-7-4-5-12-42(35)47-20-16-40(62-47)33-53-36-8-6-9-37(53)14-13-36/h1-5,7,10-12,15-20,29-30,34,36-37,49H,6,8-9,13-14,21-28,31-33H2,(H-,50,55,56,57)/p+1/t36-,37+. The first-order chi connectivity index (χ1) is 30.7. The average molecular weight is 892 g/mol. The lowest BCUT2D eigenvalue weighted by atomic mass is 10.0. The Labute approximate surface area is 373 Å². The van der Waals surface area contributed by atoms with Crippen LogP contribution in [0, 0.1) is 10.8 Å². The average Bonchev–Trinajstić information content (AvgIpc) is 3.84. The number of nitrogens with zero attached hydrogens (tertiary/aromatic N) is 4. The van der Waals surface area contributed by atoms with Gasteiger partial charge < -0.3 is 19.7 Å². The predicted molar refractivity (Wildman–Crippen MR) is 245 cm³/mol. The molecule has 9 rings (SSSR count). The van der Waals surface area contributed by atoms with Gasteiger partial charge in [-0.25, -0.2) is 18.3 Å². The van der Waals surface area contributed by atoms with Crippen molar-refractivity contribution in [3.8, 4) is 21.9 Å². The van der Waals surface area contributed by atoms with Crippen LogP contribution in [-0.4, -0.2) is 92.3 Å². The molecule has 2 atom stereocenters. The summed E-state index contributed by atoms with van der Waals surface area (Å²) in [6, 6.07) is 32.8. The Morgan fingerprint density at radius 3 is 2.33 bits per heavy atom. The molecule has 0 saturated carbocycles. The molecule has 3 N–H and O–H groups in total. The van der Waals surface area contributed by atoms with Crippen molar-refractivity contribution in [3.05, 3.63) is 124 Å². The lowest BCUT2D eigenvalue weighted by Gasteiger charge is -2.36. The van der Waals surface area contributed by atoms with Crippen molar-refractivity contribution >= 4 is 44.3 Å². The highest BCUT2D eigenvalue weighted by molar-refractivity contribution is 7.90. The van der Waals surface area contributed by atoms with Crippen molar-refractivity contribution in [2.75, 3.05) is 56.2 Å². The Morgan fingerprint density at radius 2 is 1.57 bits per heavy atom. The number of piperazine rings is 1. The second kappa shape index (κ2) is 19.2. The van der Waals surface area contributed by atoms with Crippen LogP contribution in [0.2, 0.25) is 0 Å². The fraction of sp³-hybridized carbons (Fsp3) is 0.396. The first-order valence-corrected chi connectivity index (χ1v) is 24.4. The molecule has 63 heavy (non-hydrogen) atoms. The summed E-state index contributed by atoms with van der Waals surface area (Å²) in [5, 5.41) is 13.1. The Morgan fingerprint density at radius 1 is 0.825 bits per heavy atom. The van der Waals surface area contributed by atoms with Crippen molar-refractivity contribution < 1.29 is 32.8 Å². The lowest BCUT2D eigenvalue weighted by Crippen LogP contribution is -2.46. The normalized spacial score (nSPS) is 19.8. The summed E-state index contributed by atoms with van der Waals surface area (Å²) in [6.45, 7) is 6.87. The van der Waals surface area contributed by atoms with E-state index in [0.29, 0.717) is 31.4 Å². The SMILES string of the molecule is O=C(NS(=O)(=O)c1ccc(NCC2CCOCC2)c([N+](=O)O)c1)c1ccc(N2CCN(Cc3ccccc3-c3ccc(CN4[C@@H]5CCC[C@H]4CC5)s3)CC2)cc1Oc1ccccc1. The van der Waals surface area contributed by atoms with E-state index >= 15 is 0 Å². The molecular formula is C48H55N6O7S2+. The van der Waals surface area contributed by atoms with E-state index in [1.165, 1.54) is 65.1 Å². The van der Waals surface area contributed by atoms with E-state index in [1.54, 1.807) is 24.3 Å². The number of hydrogen-bond acceptors (Lipinski definition) is 11. The maximum absolute atomic E-state index is 13.8. The highest BCUT2D eigenvalue weighted by Gasteiger charge is 2.36. The number of anilines is 2. The number of benzene rings is 4. The molecule has 0 aliphatic carbocycles. The third kappa shape index (κ3) is 10.1. The summed E-state index contributed by atoms with van der Waals surface area (Å²) < 4.78 is 41.1. The molecule has 4 fully saturated rings. The van der Waals surface area contributed by atoms with Gasteiger partial charge in [0.15, 0.2) is 0 Å². The summed E-state index contributed by atoms with van der Waals surface area (Å²) >= 11 is 1.93. The van der Waals surface area contributed by atoms with Gasteiger partial charge in [-0.1, -0.05) is 48.9 Å². The van der Waals surface area contributed by atoms with Gasteiger partial charge in [0.05, 0.1) is 15.4 Å². The van der Waals surface area contributed by atoms with Crippen LogP contribution in [0.3, 0.4) is 0 Å². The van der Waals surface area contributed by atoms with E-state index in [-0.39, 0.29) is 32.5 Å². The molecule has 0 radical (unpaired) electrons. The quantitative estimate of drug-likeness (QED) is 0.0868. The minimum atomic E-state index is -4.49. The molecule has 1 amide bonds.